The molecule has 100 valence electrons. The fourth-order valence-electron chi connectivity index (χ4n) is 1.78. The van der Waals surface area contributed by atoms with Gasteiger partial charge in [0.2, 0.25) is 5.88 Å². The fourth-order valence-corrected chi connectivity index (χ4v) is 1.78. The van der Waals surface area contributed by atoms with Crippen LogP contribution in [0, 0.1) is 0 Å². The van der Waals surface area contributed by atoms with E-state index in [1.165, 1.54) is 0 Å². The van der Waals surface area contributed by atoms with Gasteiger partial charge in [-0.3, -0.25) is 0 Å². The maximum Gasteiger partial charge on any atom is 0.225 e. The Bertz CT molecular complexity index is 540. The Balaban J connectivity index is 2.23. The highest BCUT2D eigenvalue weighted by Crippen LogP contribution is 2.27. The topological polar surface area (TPSA) is 51.6 Å². The quantitative estimate of drug-likeness (QED) is 0.896. The van der Waals surface area contributed by atoms with Gasteiger partial charge in [0.25, 0.3) is 0 Å². The van der Waals surface area contributed by atoms with Gasteiger partial charge in [-0.1, -0.05) is 12.1 Å². The van der Waals surface area contributed by atoms with Gasteiger partial charge < -0.3 is 14.6 Å². The average molecular weight is 259 g/mol. The lowest BCUT2D eigenvalue weighted by atomic mass is 10.2. The van der Waals surface area contributed by atoms with Crippen LogP contribution in [0.3, 0.4) is 0 Å². The molecule has 1 aromatic heterocycles. The lowest BCUT2D eigenvalue weighted by Gasteiger charge is -2.12. The summed E-state index contributed by atoms with van der Waals surface area (Å²) < 4.78 is 10.8. The number of ether oxygens (including phenoxy) is 2. The highest BCUT2D eigenvalue weighted by atomic mass is 16.5. The van der Waals surface area contributed by atoms with Gasteiger partial charge >= 0.3 is 0 Å². The van der Waals surface area contributed by atoms with Crippen LogP contribution in [-0.2, 0) is 11.3 Å². The second-order valence-corrected chi connectivity index (χ2v) is 4.26. The van der Waals surface area contributed by atoms with Crippen molar-refractivity contribution >= 4 is 0 Å². The standard InChI is InChI=1S/C15H17NO3/c1-11(17)14-7-4-8-16-15(14)19-13-6-3-5-12(9-13)10-18-2/h3-9,11,17H,10H2,1-2H3/t11-/m0/s1. The zero-order valence-electron chi connectivity index (χ0n) is 11.0. The van der Waals surface area contributed by atoms with Crippen LogP contribution in [0.1, 0.15) is 24.2 Å². The molecule has 1 N–H and O–H groups in total. The minimum Gasteiger partial charge on any atom is -0.439 e. The zero-order valence-corrected chi connectivity index (χ0v) is 11.0. The first-order valence-electron chi connectivity index (χ1n) is 6.09. The summed E-state index contributed by atoms with van der Waals surface area (Å²) in [6.07, 6.45) is 1.02. The molecule has 2 aromatic rings. The van der Waals surface area contributed by atoms with Gasteiger partial charge in [0, 0.05) is 18.9 Å². The molecule has 0 spiro atoms. The molecular formula is C15H17NO3. The number of aliphatic hydroxyl groups is 1. The molecule has 0 amide bonds. The van der Waals surface area contributed by atoms with Crippen LogP contribution in [0.4, 0.5) is 0 Å². The maximum atomic E-state index is 9.68. The van der Waals surface area contributed by atoms with Gasteiger partial charge in [0.15, 0.2) is 0 Å². The number of hydrogen-bond acceptors (Lipinski definition) is 4. The van der Waals surface area contributed by atoms with Gasteiger partial charge in [0.1, 0.15) is 5.75 Å². The smallest absolute Gasteiger partial charge is 0.225 e. The van der Waals surface area contributed by atoms with Gasteiger partial charge in [-0.25, -0.2) is 4.98 Å². The van der Waals surface area contributed by atoms with Crippen molar-refractivity contribution in [1.82, 2.24) is 4.98 Å². The lowest BCUT2D eigenvalue weighted by molar-refractivity contribution is 0.184. The molecule has 0 aliphatic carbocycles. The molecule has 0 bridgehead atoms. The van der Waals surface area contributed by atoms with Crippen LogP contribution < -0.4 is 4.74 Å². The Hall–Kier alpha value is -1.91. The van der Waals surface area contributed by atoms with Gasteiger partial charge in [-0.15, -0.1) is 0 Å². The maximum absolute atomic E-state index is 9.68. The molecule has 4 heteroatoms. The molecule has 0 fully saturated rings. The zero-order chi connectivity index (χ0) is 13.7. The Labute approximate surface area is 112 Å². The van der Waals surface area contributed by atoms with Crippen LogP contribution in [0.5, 0.6) is 11.6 Å². The van der Waals surface area contributed by atoms with E-state index in [0.717, 1.165) is 5.56 Å². The monoisotopic (exact) mass is 259 g/mol. The number of methoxy groups -OCH3 is 1. The van der Waals surface area contributed by atoms with Crippen LogP contribution in [0.15, 0.2) is 42.6 Å². The van der Waals surface area contributed by atoms with Gasteiger partial charge in [-0.05, 0) is 36.8 Å². The summed E-state index contributed by atoms with van der Waals surface area (Å²) in [6.45, 7) is 2.22. The summed E-state index contributed by atoms with van der Waals surface area (Å²) in [4.78, 5) is 4.16. The van der Waals surface area contributed by atoms with E-state index >= 15 is 0 Å². The third kappa shape index (κ3) is 3.53. The van der Waals surface area contributed by atoms with E-state index in [2.05, 4.69) is 4.98 Å². The molecular weight excluding hydrogens is 242 g/mol. The van der Waals surface area contributed by atoms with E-state index in [4.69, 9.17) is 9.47 Å². The van der Waals surface area contributed by atoms with Crippen molar-refractivity contribution in [1.29, 1.82) is 0 Å². The number of pyridine rings is 1. The van der Waals surface area contributed by atoms with Crippen LogP contribution in [-0.4, -0.2) is 17.2 Å². The van der Waals surface area contributed by atoms with Crippen molar-refractivity contribution in [2.24, 2.45) is 0 Å². The minimum absolute atomic E-state index is 0.423. The summed E-state index contributed by atoms with van der Waals surface area (Å²) in [5.74, 6) is 1.10. The number of nitrogens with zero attached hydrogens (tertiary/aromatic N) is 1. The van der Waals surface area contributed by atoms with Crippen LogP contribution >= 0.6 is 0 Å². The Morgan fingerprint density at radius 2 is 2.11 bits per heavy atom. The number of rotatable bonds is 5. The first-order valence-corrected chi connectivity index (χ1v) is 6.09. The van der Waals surface area contributed by atoms with E-state index in [1.807, 2.05) is 24.3 Å². The largest absolute Gasteiger partial charge is 0.439 e. The fraction of sp³-hybridized carbons (Fsp3) is 0.267. The highest BCUT2D eigenvalue weighted by molar-refractivity contribution is 5.35. The second-order valence-electron chi connectivity index (χ2n) is 4.26. The number of benzene rings is 1. The third-order valence-electron chi connectivity index (χ3n) is 2.67. The van der Waals surface area contributed by atoms with Crippen molar-refractivity contribution < 1.29 is 14.6 Å². The molecule has 19 heavy (non-hydrogen) atoms. The Kier molecular flexibility index (Phi) is 4.49. The molecule has 0 unspecified atom stereocenters. The first-order chi connectivity index (χ1) is 9.20. The summed E-state index contributed by atoms with van der Waals surface area (Å²) in [6, 6.07) is 11.2. The molecule has 1 heterocycles. The van der Waals surface area contributed by atoms with E-state index in [9.17, 15) is 5.11 Å². The molecule has 1 aromatic carbocycles. The SMILES string of the molecule is COCc1cccc(Oc2ncccc2[C@H](C)O)c1. The molecule has 1 atom stereocenters. The highest BCUT2D eigenvalue weighted by Gasteiger charge is 2.10. The van der Waals surface area contributed by atoms with Crippen LogP contribution in [0.25, 0.3) is 0 Å². The van der Waals surface area contributed by atoms with E-state index in [-0.39, 0.29) is 0 Å². The molecule has 4 nitrogen and oxygen atoms in total. The number of hydrogen-bond donors (Lipinski definition) is 1. The summed E-state index contributed by atoms with van der Waals surface area (Å²) in [5.41, 5.74) is 1.69. The Morgan fingerprint density at radius 1 is 1.26 bits per heavy atom. The van der Waals surface area contributed by atoms with E-state index in [1.54, 1.807) is 32.4 Å². The van der Waals surface area contributed by atoms with E-state index in [0.29, 0.717) is 23.8 Å². The number of aromatic nitrogens is 1. The second kappa shape index (κ2) is 6.31. The Morgan fingerprint density at radius 3 is 2.84 bits per heavy atom. The molecule has 0 aliphatic rings. The minimum atomic E-state index is -0.620. The molecule has 0 saturated carbocycles. The van der Waals surface area contributed by atoms with Crippen molar-refractivity contribution in [3.8, 4) is 11.6 Å². The summed E-state index contributed by atoms with van der Waals surface area (Å²) in [5, 5.41) is 9.68. The van der Waals surface area contributed by atoms with Gasteiger partial charge in [0.05, 0.1) is 12.7 Å². The summed E-state index contributed by atoms with van der Waals surface area (Å²) in [7, 11) is 1.65. The lowest BCUT2D eigenvalue weighted by Crippen LogP contribution is -1.98. The number of aliphatic hydroxyl groups excluding tert-OH is 1. The third-order valence-corrected chi connectivity index (χ3v) is 2.67. The first kappa shape index (κ1) is 13.5. The molecule has 2 rings (SSSR count). The van der Waals surface area contributed by atoms with Crippen LogP contribution in [0.2, 0.25) is 0 Å². The summed E-state index contributed by atoms with van der Waals surface area (Å²) >= 11 is 0. The van der Waals surface area contributed by atoms with Crippen molar-refractivity contribution in [3.05, 3.63) is 53.7 Å². The molecule has 0 saturated heterocycles. The van der Waals surface area contributed by atoms with Crippen molar-refractivity contribution in [2.45, 2.75) is 19.6 Å². The van der Waals surface area contributed by atoms with Crippen molar-refractivity contribution in [3.63, 3.8) is 0 Å². The predicted molar refractivity (Wildman–Crippen MR) is 72.1 cm³/mol. The van der Waals surface area contributed by atoms with E-state index < -0.39 is 6.10 Å². The molecule has 0 radical (unpaired) electrons. The van der Waals surface area contributed by atoms with Gasteiger partial charge in [-0.2, -0.15) is 0 Å². The normalized spacial score (nSPS) is 12.2. The predicted octanol–water partition coefficient (Wildman–Crippen LogP) is 3.07. The average Bonchev–Trinajstić information content (AvgIpc) is 2.40. The molecule has 0 aliphatic heterocycles. The van der Waals surface area contributed by atoms with Crippen molar-refractivity contribution in [2.75, 3.05) is 7.11 Å².